The van der Waals surface area contributed by atoms with E-state index in [1.54, 1.807) is 6.92 Å². The van der Waals surface area contributed by atoms with Gasteiger partial charge in [-0.3, -0.25) is 4.79 Å². The van der Waals surface area contributed by atoms with E-state index in [1.807, 2.05) is 24.3 Å². The molecule has 2 N–H and O–H groups in total. The Morgan fingerprint density at radius 3 is 2.67 bits per heavy atom. The Bertz CT molecular complexity index is 417. The van der Waals surface area contributed by atoms with E-state index in [4.69, 9.17) is 11.5 Å². The number of carboxylic acids is 1. The third kappa shape index (κ3) is 4.60. The molecule has 1 aromatic carbocycles. The molecule has 0 bridgehead atoms. The first kappa shape index (κ1) is 14.3. The van der Waals surface area contributed by atoms with Crippen molar-refractivity contribution in [3.8, 4) is 12.3 Å². The summed E-state index contributed by atoms with van der Waals surface area (Å²) in [5.74, 6) is 1.35. The second-order valence-electron chi connectivity index (χ2n) is 4.29. The predicted molar refractivity (Wildman–Crippen MR) is 72.3 cm³/mol. The van der Waals surface area contributed by atoms with Crippen molar-refractivity contribution >= 4 is 5.97 Å². The molecule has 0 aromatic heterocycles. The Labute approximate surface area is 108 Å². The van der Waals surface area contributed by atoms with Gasteiger partial charge in [0.05, 0.1) is 5.92 Å². The maximum Gasteiger partial charge on any atom is 0.310 e. The van der Waals surface area contributed by atoms with Crippen LogP contribution in [0.15, 0.2) is 24.3 Å². The molecule has 1 unspecified atom stereocenters. The number of terminal acetylenes is 1. The minimum absolute atomic E-state index is 0.456. The Hall–Kier alpha value is -1.79. The van der Waals surface area contributed by atoms with Crippen molar-refractivity contribution in [2.45, 2.75) is 32.2 Å². The van der Waals surface area contributed by atoms with Crippen molar-refractivity contribution in [1.82, 2.24) is 5.32 Å². The first-order valence-electron chi connectivity index (χ1n) is 6.11. The third-order valence-electron chi connectivity index (χ3n) is 2.85. The molecule has 0 saturated carbocycles. The fourth-order valence-electron chi connectivity index (χ4n) is 1.61. The van der Waals surface area contributed by atoms with Crippen molar-refractivity contribution in [1.29, 1.82) is 0 Å². The lowest BCUT2D eigenvalue weighted by Gasteiger charge is -2.08. The number of carbonyl (C=O) groups is 1. The Morgan fingerprint density at radius 2 is 2.11 bits per heavy atom. The predicted octanol–water partition coefficient (Wildman–Crippen LogP) is 2.38. The summed E-state index contributed by atoms with van der Waals surface area (Å²) in [4.78, 5) is 10.8. The molecule has 0 saturated heterocycles. The van der Waals surface area contributed by atoms with Crippen LogP contribution in [0.2, 0.25) is 0 Å². The summed E-state index contributed by atoms with van der Waals surface area (Å²) in [5.41, 5.74) is 1.98. The Kier molecular flexibility index (Phi) is 5.96. The van der Waals surface area contributed by atoms with Gasteiger partial charge < -0.3 is 10.4 Å². The molecule has 0 aliphatic rings. The van der Waals surface area contributed by atoms with Crippen LogP contribution in [0, 0.1) is 12.3 Å². The molecular formula is C15H19NO2. The van der Waals surface area contributed by atoms with Gasteiger partial charge in [-0.05, 0) is 31.0 Å². The second-order valence-corrected chi connectivity index (χ2v) is 4.29. The van der Waals surface area contributed by atoms with Gasteiger partial charge in [-0.2, -0.15) is 0 Å². The van der Waals surface area contributed by atoms with Crippen LogP contribution in [0.1, 0.15) is 36.8 Å². The van der Waals surface area contributed by atoms with Gasteiger partial charge in [0.25, 0.3) is 0 Å². The molecule has 1 atom stereocenters. The second kappa shape index (κ2) is 7.52. The number of benzene rings is 1. The van der Waals surface area contributed by atoms with Gasteiger partial charge in [0.2, 0.25) is 0 Å². The summed E-state index contributed by atoms with van der Waals surface area (Å²) in [6.45, 7) is 3.37. The van der Waals surface area contributed by atoms with Crippen molar-refractivity contribution in [3.05, 3.63) is 35.4 Å². The number of aliphatic carboxylic acids is 1. The smallest absolute Gasteiger partial charge is 0.310 e. The molecule has 3 heteroatoms. The molecule has 1 rings (SSSR count). The number of rotatable bonds is 7. The van der Waals surface area contributed by atoms with Crippen molar-refractivity contribution in [2.24, 2.45) is 0 Å². The molecule has 3 nitrogen and oxygen atoms in total. The lowest BCUT2D eigenvalue weighted by Crippen LogP contribution is -2.14. The highest BCUT2D eigenvalue weighted by Gasteiger charge is 2.12. The highest BCUT2D eigenvalue weighted by Crippen LogP contribution is 2.15. The highest BCUT2D eigenvalue weighted by atomic mass is 16.4. The third-order valence-corrected chi connectivity index (χ3v) is 2.85. The molecule has 0 aliphatic carbocycles. The van der Waals surface area contributed by atoms with Gasteiger partial charge in [-0.15, -0.1) is 12.3 Å². The molecular weight excluding hydrogens is 226 g/mol. The average molecular weight is 245 g/mol. The minimum Gasteiger partial charge on any atom is -0.481 e. The summed E-state index contributed by atoms with van der Waals surface area (Å²) in [5, 5.41) is 12.2. The van der Waals surface area contributed by atoms with Crippen LogP contribution >= 0.6 is 0 Å². The number of hydrogen-bond donors (Lipinski definition) is 2. The molecule has 1 aromatic rings. The molecule has 0 amide bonds. The van der Waals surface area contributed by atoms with Crippen LogP contribution in [0.3, 0.4) is 0 Å². The zero-order chi connectivity index (χ0) is 13.4. The van der Waals surface area contributed by atoms with Crippen LogP contribution in [0.5, 0.6) is 0 Å². The van der Waals surface area contributed by atoms with Crippen LogP contribution in [0.4, 0.5) is 0 Å². The molecule has 0 heterocycles. The molecule has 0 fully saturated rings. The zero-order valence-electron chi connectivity index (χ0n) is 10.6. The van der Waals surface area contributed by atoms with E-state index in [9.17, 15) is 4.79 Å². The number of carboxylic acid groups (broad SMARTS) is 1. The Balaban J connectivity index is 2.41. The molecule has 0 aliphatic heterocycles. The van der Waals surface area contributed by atoms with E-state index in [1.165, 1.54) is 0 Å². The minimum atomic E-state index is -0.796. The normalized spacial score (nSPS) is 11.8. The fraction of sp³-hybridized carbons (Fsp3) is 0.400. The van der Waals surface area contributed by atoms with Crippen LogP contribution < -0.4 is 5.32 Å². The van der Waals surface area contributed by atoms with Crippen LogP contribution in [0.25, 0.3) is 0 Å². The summed E-state index contributed by atoms with van der Waals surface area (Å²) in [7, 11) is 0. The van der Waals surface area contributed by atoms with E-state index in [2.05, 4.69) is 11.2 Å². The van der Waals surface area contributed by atoms with Crippen molar-refractivity contribution in [3.63, 3.8) is 0 Å². The van der Waals surface area contributed by atoms with Gasteiger partial charge in [-0.1, -0.05) is 24.3 Å². The number of nitrogens with one attached hydrogen (secondary N) is 1. The van der Waals surface area contributed by atoms with Gasteiger partial charge >= 0.3 is 5.97 Å². The monoisotopic (exact) mass is 245 g/mol. The summed E-state index contributed by atoms with van der Waals surface area (Å²) < 4.78 is 0. The topological polar surface area (TPSA) is 49.3 Å². The van der Waals surface area contributed by atoms with Crippen molar-refractivity contribution in [2.75, 3.05) is 6.54 Å². The largest absolute Gasteiger partial charge is 0.481 e. The van der Waals surface area contributed by atoms with E-state index in [-0.39, 0.29) is 0 Å². The van der Waals surface area contributed by atoms with E-state index < -0.39 is 11.9 Å². The zero-order valence-corrected chi connectivity index (χ0v) is 10.6. The van der Waals surface area contributed by atoms with Crippen LogP contribution in [-0.2, 0) is 11.3 Å². The summed E-state index contributed by atoms with van der Waals surface area (Å²) >= 11 is 0. The maximum absolute atomic E-state index is 10.8. The maximum atomic E-state index is 10.8. The lowest BCUT2D eigenvalue weighted by molar-refractivity contribution is -0.138. The highest BCUT2D eigenvalue weighted by molar-refractivity contribution is 5.75. The molecule has 18 heavy (non-hydrogen) atoms. The quantitative estimate of drug-likeness (QED) is 0.573. The van der Waals surface area contributed by atoms with E-state index >= 15 is 0 Å². The average Bonchev–Trinajstić information content (AvgIpc) is 2.38. The van der Waals surface area contributed by atoms with E-state index in [0.29, 0.717) is 0 Å². The fourth-order valence-corrected chi connectivity index (χ4v) is 1.61. The molecule has 96 valence electrons. The first-order chi connectivity index (χ1) is 8.65. The van der Waals surface area contributed by atoms with Gasteiger partial charge in [0, 0.05) is 13.0 Å². The number of hydrogen-bond acceptors (Lipinski definition) is 2. The lowest BCUT2D eigenvalue weighted by atomic mass is 10.00. The van der Waals surface area contributed by atoms with Gasteiger partial charge in [-0.25, -0.2) is 0 Å². The van der Waals surface area contributed by atoms with Gasteiger partial charge in [0.1, 0.15) is 0 Å². The molecule has 0 radical (unpaired) electrons. The van der Waals surface area contributed by atoms with Crippen molar-refractivity contribution < 1.29 is 9.90 Å². The first-order valence-corrected chi connectivity index (χ1v) is 6.11. The summed E-state index contributed by atoms with van der Waals surface area (Å²) in [6.07, 6.45) is 6.94. The van der Waals surface area contributed by atoms with E-state index in [0.717, 1.165) is 37.1 Å². The molecule has 0 spiro atoms. The standard InChI is InChI=1S/C15H19NO2/c1-3-4-5-10-16-11-13-6-8-14(9-7-13)12(2)15(17)18/h1,6-9,12,16H,4-5,10-11H2,2H3,(H,17,18). The van der Waals surface area contributed by atoms with Crippen LogP contribution in [-0.4, -0.2) is 17.6 Å². The SMILES string of the molecule is C#CCCCNCc1ccc(C(C)C(=O)O)cc1. The summed E-state index contributed by atoms with van der Waals surface area (Å²) in [6, 6.07) is 7.67. The Morgan fingerprint density at radius 1 is 1.44 bits per heavy atom. The number of unbranched alkanes of at least 4 members (excludes halogenated alkanes) is 1. The van der Waals surface area contributed by atoms with Gasteiger partial charge in [0.15, 0.2) is 0 Å².